The van der Waals surface area contributed by atoms with Gasteiger partial charge < -0.3 is 5.32 Å². The standard InChI is InChI=1S/C18H14Cl2N6O2S/c1-9-11(19)7-21-15(14(9)20)22-13(27)8-29-18-24-23-17-25(2)16(28)10-5-3-4-6-12(10)26(17)18/h3-7H,8H2,1-2H3,(H,21,22,27). The zero-order chi connectivity index (χ0) is 20.7. The van der Waals surface area contributed by atoms with Crippen LogP contribution in [0, 0.1) is 6.92 Å². The Morgan fingerprint density at radius 1 is 1.24 bits per heavy atom. The number of anilines is 1. The van der Waals surface area contributed by atoms with Gasteiger partial charge in [-0.15, -0.1) is 10.2 Å². The highest BCUT2D eigenvalue weighted by molar-refractivity contribution is 7.99. The fraction of sp³-hybridized carbons (Fsp3) is 0.167. The highest BCUT2D eigenvalue weighted by Crippen LogP contribution is 2.29. The number of pyridine rings is 1. The molecule has 0 saturated carbocycles. The van der Waals surface area contributed by atoms with Crippen molar-refractivity contribution in [1.82, 2.24) is 24.1 Å². The first-order valence-corrected chi connectivity index (χ1v) is 10.2. The van der Waals surface area contributed by atoms with Gasteiger partial charge in [-0.25, -0.2) is 4.98 Å². The summed E-state index contributed by atoms with van der Waals surface area (Å²) in [5.41, 5.74) is 1.16. The van der Waals surface area contributed by atoms with Crippen molar-refractivity contribution in [2.75, 3.05) is 11.1 Å². The Kier molecular flexibility index (Phi) is 5.20. The van der Waals surface area contributed by atoms with Gasteiger partial charge in [-0.3, -0.25) is 18.6 Å². The summed E-state index contributed by atoms with van der Waals surface area (Å²) in [5.74, 6) is 0.391. The van der Waals surface area contributed by atoms with Gasteiger partial charge in [-0.2, -0.15) is 0 Å². The van der Waals surface area contributed by atoms with Crippen LogP contribution in [-0.2, 0) is 11.8 Å². The monoisotopic (exact) mass is 448 g/mol. The van der Waals surface area contributed by atoms with Crippen molar-refractivity contribution >= 4 is 63.4 Å². The molecule has 4 rings (SSSR count). The van der Waals surface area contributed by atoms with E-state index in [1.54, 1.807) is 30.5 Å². The number of carbonyl (C=O) groups is 1. The number of fused-ring (bicyclic) bond motifs is 3. The number of aryl methyl sites for hydroxylation is 1. The van der Waals surface area contributed by atoms with Crippen LogP contribution in [-0.4, -0.2) is 35.8 Å². The normalized spacial score (nSPS) is 11.3. The van der Waals surface area contributed by atoms with E-state index in [-0.39, 0.29) is 23.0 Å². The molecule has 0 aliphatic heterocycles. The minimum absolute atomic E-state index is 0.0532. The van der Waals surface area contributed by atoms with Gasteiger partial charge in [0, 0.05) is 13.2 Å². The van der Waals surface area contributed by atoms with E-state index in [2.05, 4.69) is 20.5 Å². The molecule has 4 aromatic rings. The van der Waals surface area contributed by atoms with Gasteiger partial charge in [-0.1, -0.05) is 47.1 Å². The number of rotatable bonds is 4. The lowest BCUT2D eigenvalue weighted by molar-refractivity contribution is -0.113. The summed E-state index contributed by atoms with van der Waals surface area (Å²) in [4.78, 5) is 28.9. The van der Waals surface area contributed by atoms with Crippen LogP contribution in [0.2, 0.25) is 10.0 Å². The van der Waals surface area contributed by atoms with Crippen LogP contribution in [0.4, 0.5) is 5.82 Å². The van der Waals surface area contributed by atoms with Gasteiger partial charge in [0.2, 0.25) is 11.7 Å². The molecule has 1 amide bonds. The number of halogens is 2. The van der Waals surface area contributed by atoms with Crippen LogP contribution in [0.1, 0.15) is 5.56 Å². The number of nitrogens with one attached hydrogen (secondary N) is 1. The Bertz CT molecular complexity index is 1330. The molecule has 0 saturated heterocycles. The quantitative estimate of drug-likeness (QED) is 0.481. The number of carbonyl (C=O) groups excluding carboxylic acids is 1. The number of hydrogen-bond donors (Lipinski definition) is 1. The average molecular weight is 449 g/mol. The van der Waals surface area contributed by atoms with Gasteiger partial charge in [0.15, 0.2) is 11.0 Å². The molecule has 3 heterocycles. The number of nitrogens with zero attached hydrogens (tertiary/aromatic N) is 5. The molecule has 0 unspecified atom stereocenters. The smallest absolute Gasteiger partial charge is 0.262 e. The van der Waals surface area contributed by atoms with Gasteiger partial charge in [0.05, 0.1) is 26.7 Å². The van der Waals surface area contributed by atoms with E-state index in [0.717, 1.165) is 0 Å². The maximum Gasteiger partial charge on any atom is 0.262 e. The second kappa shape index (κ2) is 7.66. The molecular formula is C18H14Cl2N6O2S. The van der Waals surface area contributed by atoms with Crippen LogP contribution >= 0.6 is 35.0 Å². The van der Waals surface area contributed by atoms with E-state index >= 15 is 0 Å². The van der Waals surface area contributed by atoms with Gasteiger partial charge in [0.1, 0.15) is 0 Å². The molecule has 0 spiro atoms. The molecule has 11 heteroatoms. The molecule has 1 aromatic carbocycles. The van der Waals surface area contributed by atoms with Gasteiger partial charge in [0.25, 0.3) is 5.56 Å². The highest BCUT2D eigenvalue weighted by Gasteiger charge is 2.17. The summed E-state index contributed by atoms with van der Waals surface area (Å²) in [5, 5.41) is 12.7. The minimum Gasteiger partial charge on any atom is -0.309 e. The zero-order valence-electron chi connectivity index (χ0n) is 15.3. The molecule has 0 aliphatic carbocycles. The summed E-state index contributed by atoms with van der Waals surface area (Å²) in [6.07, 6.45) is 1.43. The summed E-state index contributed by atoms with van der Waals surface area (Å²) in [6.45, 7) is 1.74. The molecule has 0 atom stereocenters. The van der Waals surface area contributed by atoms with Crippen molar-refractivity contribution in [1.29, 1.82) is 0 Å². The van der Waals surface area contributed by atoms with E-state index in [1.807, 2.05) is 12.1 Å². The lowest BCUT2D eigenvalue weighted by Gasteiger charge is -2.09. The molecule has 0 aliphatic rings. The van der Waals surface area contributed by atoms with Crippen molar-refractivity contribution < 1.29 is 4.79 Å². The Morgan fingerprint density at radius 3 is 2.79 bits per heavy atom. The molecule has 8 nitrogen and oxygen atoms in total. The largest absolute Gasteiger partial charge is 0.309 e. The van der Waals surface area contributed by atoms with E-state index < -0.39 is 0 Å². The molecule has 148 valence electrons. The van der Waals surface area contributed by atoms with Crippen molar-refractivity contribution in [2.24, 2.45) is 7.05 Å². The number of aromatic nitrogens is 5. The first-order valence-electron chi connectivity index (χ1n) is 8.44. The third kappa shape index (κ3) is 3.45. The number of hydrogen-bond acceptors (Lipinski definition) is 6. The van der Waals surface area contributed by atoms with Crippen LogP contribution in [0.25, 0.3) is 16.7 Å². The number of benzene rings is 1. The second-order valence-corrected chi connectivity index (χ2v) is 7.96. The van der Waals surface area contributed by atoms with E-state index in [9.17, 15) is 9.59 Å². The molecular weight excluding hydrogens is 435 g/mol. The number of thioether (sulfide) groups is 1. The lowest BCUT2D eigenvalue weighted by atomic mass is 10.2. The van der Waals surface area contributed by atoms with Gasteiger partial charge >= 0.3 is 0 Å². The average Bonchev–Trinajstić information content (AvgIpc) is 3.15. The maximum atomic E-state index is 12.5. The molecule has 29 heavy (non-hydrogen) atoms. The fourth-order valence-corrected chi connectivity index (χ4v) is 3.98. The van der Waals surface area contributed by atoms with Crippen LogP contribution in [0.3, 0.4) is 0 Å². The van der Waals surface area contributed by atoms with Crippen molar-refractivity contribution in [3.63, 3.8) is 0 Å². The number of amides is 1. The maximum absolute atomic E-state index is 12.5. The topological polar surface area (TPSA) is 94.2 Å². The second-order valence-electron chi connectivity index (χ2n) is 6.23. The predicted molar refractivity (Wildman–Crippen MR) is 114 cm³/mol. The van der Waals surface area contributed by atoms with Gasteiger partial charge in [-0.05, 0) is 24.6 Å². The molecule has 0 bridgehead atoms. The molecule has 0 radical (unpaired) electrons. The SMILES string of the molecule is Cc1c(Cl)cnc(NC(=O)CSc2nnc3n(C)c(=O)c4ccccc4n23)c1Cl. The molecule has 1 N–H and O–H groups in total. The fourth-order valence-electron chi connectivity index (χ4n) is 2.85. The Labute approximate surface area is 178 Å². The zero-order valence-corrected chi connectivity index (χ0v) is 17.6. The van der Waals surface area contributed by atoms with E-state index in [1.165, 1.54) is 22.5 Å². The molecule has 3 aromatic heterocycles. The van der Waals surface area contributed by atoms with E-state index in [0.29, 0.717) is 37.4 Å². The van der Waals surface area contributed by atoms with Crippen molar-refractivity contribution in [3.05, 3.63) is 56.4 Å². The van der Waals surface area contributed by atoms with Crippen molar-refractivity contribution in [3.8, 4) is 0 Å². The first kappa shape index (κ1) is 19.7. The van der Waals surface area contributed by atoms with E-state index in [4.69, 9.17) is 23.2 Å². The summed E-state index contributed by atoms with van der Waals surface area (Å²) in [6, 6.07) is 7.19. The first-order chi connectivity index (χ1) is 13.9. The third-order valence-corrected chi connectivity index (χ3v) is 6.16. The number of para-hydroxylation sites is 1. The van der Waals surface area contributed by atoms with Crippen molar-refractivity contribution in [2.45, 2.75) is 12.1 Å². The van der Waals surface area contributed by atoms with Crippen LogP contribution in [0.5, 0.6) is 0 Å². The third-order valence-electron chi connectivity index (χ3n) is 4.39. The summed E-state index contributed by atoms with van der Waals surface area (Å²) in [7, 11) is 1.64. The lowest BCUT2D eigenvalue weighted by Crippen LogP contribution is -2.20. The minimum atomic E-state index is -0.308. The Morgan fingerprint density at radius 2 is 2.00 bits per heavy atom. The van der Waals surface area contributed by atoms with Crippen LogP contribution < -0.4 is 10.9 Å². The van der Waals surface area contributed by atoms with Crippen LogP contribution in [0.15, 0.2) is 40.4 Å². The molecule has 0 fully saturated rings. The summed E-state index contributed by atoms with van der Waals surface area (Å²) >= 11 is 13.4. The summed E-state index contributed by atoms with van der Waals surface area (Å²) < 4.78 is 3.19. The predicted octanol–water partition coefficient (Wildman–Crippen LogP) is 3.32. The Balaban J connectivity index is 1.62. The highest BCUT2D eigenvalue weighted by atomic mass is 35.5. The Hall–Kier alpha value is -2.62.